The van der Waals surface area contributed by atoms with Crippen LogP contribution in [0.3, 0.4) is 0 Å². The molecule has 6 nitrogen and oxygen atoms in total. The molecule has 0 aliphatic rings. The predicted molar refractivity (Wildman–Crippen MR) is 77.3 cm³/mol. The number of aryl methyl sites for hydroxylation is 1. The second kappa shape index (κ2) is 6.70. The molecule has 0 fully saturated rings. The number of aromatic nitrogens is 3. The van der Waals surface area contributed by atoms with Crippen LogP contribution in [-0.2, 0) is 6.54 Å². The quantitative estimate of drug-likeness (QED) is 0.879. The molecule has 0 aliphatic carbocycles. The molecule has 1 aromatic heterocycles. The number of nitrogens with zero attached hydrogens (tertiary/aromatic N) is 3. The molecule has 20 heavy (non-hydrogen) atoms. The molecule has 0 radical (unpaired) electrons. The minimum absolute atomic E-state index is 0.152. The molecule has 1 atom stereocenters. The van der Waals surface area contributed by atoms with E-state index in [0.717, 1.165) is 24.5 Å². The lowest BCUT2D eigenvalue weighted by Crippen LogP contribution is -2.33. The summed E-state index contributed by atoms with van der Waals surface area (Å²) in [7, 11) is 0. The zero-order valence-corrected chi connectivity index (χ0v) is 11.7. The first-order valence-electron chi connectivity index (χ1n) is 6.74. The molecule has 0 spiro atoms. The third-order valence-corrected chi connectivity index (χ3v) is 3.00. The van der Waals surface area contributed by atoms with Crippen LogP contribution >= 0.6 is 0 Å². The number of rotatable bonds is 5. The fourth-order valence-corrected chi connectivity index (χ4v) is 1.98. The number of anilines is 1. The summed E-state index contributed by atoms with van der Waals surface area (Å²) in [4.78, 5) is 16.2. The highest BCUT2D eigenvalue weighted by molar-refractivity contribution is 5.89. The predicted octanol–water partition coefficient (Wildman–Crippen LogP) is 2.57. The number of hydrogen-bond donors (Lipinski definition) is 2. The fraction of sp³-hybridized carbons (Fsp3) is 0.357. The molecule has 1 unspecified atom stereocenters. The van der Waals surface area contributed by atoms with E-state index in [1.807, 2.05) is 44.2 Å². The Hall–Kier alpha value is -2.37. The molecule has 1 heterocycles. The molecule has 106 valence electrons. The van der Waals surface area contributed by atoms with Gasteiger partial charge in [-0.2, -0.15) is 5.10 Å². The number of hydrogen-bond acceptors (Lipinski definition) is 3. The van der Waals surface area contributed by atoms with Gasteiger partial charge in [0, 0.05) is 12.2 Å². The van der Waals surface area contributed by atoms with Crippen molar-refractivity contribution in [1.29, 1.82) is 0 Å². The lowest BCUT2D eigenvalue weighted by atomic mass is 10.2. The van der Waals surface area contributed by atoms with E-state index in [0.29, 0.717) is 0 Å². The van der Waals surface area contributed by atoms with Crippen molar-refractivity contribution in [2.24, 2.45) is 0 Å². The lowest BCUT2D eigenvalue weighted by molar-refractivity contribution is 0.247. The Morgan fingerprint density at radius 1 is 1.30 bits per heavy atom. The second-order valence-corrected chi connectivity index (χ2v) is 4.36. The van der Waals surface area contributed by atoms with Crippen LogP contribution in [0.25, 0.3) is 0 Å². The molecule has 2 amide bonds. The van der Waals surface area contributed by atoms with Gasteiger partial charge in [0.05, 0.1) is 6.04 Å². The van der Waals surface area contributed by atoms with Gasteiger partial charge in [-0.15, -0.1) is 0 Å². The highest BCUT2D eigenvalue weighted by Crippen LogP contribution is 2.14. The van der Waals surface area contributed by atoms with Crippen molar-refractivity contribution in [2.75, 3.05) is 5.32 Å². The van der Waals surface area contributed by atoms with Gasteiger partial charge in [-0.3, -0.25) is 0 Å². The van der Waals surface area contributed by atoms with Gasteiger partial charge in [0.1, 0.15) is 12.2 Å². The Balaban J connectivity index is 2.01. The number of benzene rings is 1. The van der Waals surface area contributed by atoms with Crippen molar-refractivity contribution < 1.29 is 4.79 Å². The van der Waals surface area contributed by atoms with Crippen molar-refractivity contribution in [3.63, 3.8) is 0 Å². The number of carbonyl (C=O) groups is 1. The summed E-state index contributed by atoms with van der Waals surface area (Å²) in [6.45, 7) is 4.73. The zero-order valence-electron chi connectivity index (χ0n) is 11.7. The summed E-state index contributed by atoms with van der Waals surface area (Å²) in [5.74, 6) is 0.776. The van der Waals surface area contributed by atoms with Gasteiger partial charge in [0.25, 0.3) is 0 Å². The summed E-state index contributed by atoms with van der Waals surface area (Å²) in [5.41, 5.74) is 0.761. The normalized spacial score (nSPS) is 11.9. The van der Waals surface area contributed by atoms with Crippen LogP contribution in [0.15, 0.2) is 36.7 Å². The molecule has 0 aliphatic heterocycles. The van der Waals surface area contributed by atoms with Crippen LogP contribution in [0.2, 0.25) is 0 Å². The van der Waals surface area contributed by atoms with Gasteiger partial charge in [0.15, 0.2) is 0 Å². The van der Waals surface area contributed by atoms with Crippen LogP contribution in [0, 0.1) is 0 Å². The first-order valence-corrected chi connectivity index (χ1v) is 6.74. The van der Waals surface area contributed by atoms with Crippen molar-refractivity contribution in [3.8, 4) is 0 Å². The van der Waals surface area contributed by atoms with E-state index in [1.165, 1.54) is 6.33 Å². The van der Waals surface area contributed by atoms with Gasteiger partial charge < -0.3 is 10.6 Å². The van der Waals surface area contributed by atoms with Gasteiger partial charge >= 0.3 is 6.03 Å². The van der Waals surface area contributed by atoms with E-state index >= 15 is 0 Å². The van der Waals surface area contributed by atoms with E-state index in [1.54, 1.807) is 4.68 Å². The average Bonchev–Trinajstić information content (AvgIpc) is 2.94. The fourth-order valence-electron chi connectivity index (χ4n) is 1.98. The van der Waals surface area contributed by atoms with Gasteiger partial charge in [-0.25, -0.2) is 14.5 Å². The molecule has 2 N–H and O–H groups in total. The smallest absolute Gasteiger partial charge is 0.319 e. The minimum atomic E-state index is -0.242. The Morgan fingerprint density at radius 3 is 2.70 bits per heavy atom. The Morgan fingerprint density at radius 2 is 2.05 bits per heavy atom. The van der Waals surface area contributed by atoms with E-state index in [2.05, 4.69) is 20.7 Å². The van der Waals surface area contributed by atoms with Crippen LogP contribution in [-0.4, -0.2) is 20.8 Å². The number of carbonyl (C=O) groups excluding carboxylic acids is 1. The zero-order chi connectivity index (χ0) is 14.4. The average molecular weight is 273 g/mol. The van der Waals surface area contributed by atoms with Crippen molar-refractivity contribution in [2.45, 2.75) is 32.9 Å². The SMILES string of the molecule is CCC(NC(=O)Nc1ccccc1)c1ncnn1CC. The van der Waals surface area contributed by atoms with Crippen molar-refractivity contribution in [3.05, 3.63) is 42.5 Å². The monoisotopic (exact) mass is 273 g/mol. The first-order chi connectivity index (χ1) is 9.74. The van der Waals surface area contributed by atoms with E-state index in [4.69, 9.17) is 0 Å². The maximum absolute atomic E-state index is 12.0. The number of amides is 2. The van der Waals surface area contributed by atoms with Gasteiger partial charge in [-0.05, 0) is 25.5 Å². The van der Waals surface area contributed by atoms with E-state index in [9.17, 15) is 4.79 Å². The highest BCUT2D eigenvalue weighted by atomic mass is 16.2. The molecule has 0 saturated heterocycles. The minimum Gasteiger partial charge on any atom is -0.328 e. The maximum Gasteiger partial charge on any atom is 0.319 e. The standard InChI is InChI=1S/C14H19N5O/c1-3-12(13-15-10-16-19(13)4-2)18-14(20)17-11-8-6-5-7-9-11/h5-10,12H,3-4H2,1-2H3,(H2,17,18,20). The summed E-state index contributed by atoms with van der Waals surface area (Å²) in [6, 6.07) is 8.95. The Labute approximate surface area is 118 Å². The van der Waals surface area contributed by atoms with Crippen LogP contribution in [0.5, 0.6) is 0 Å². The summed E-state index contributed by atoms with van der Waals surface area (Å²) >= 11 is 0. The molecule has 0 saturated carbocycles. The van der Waals surface area contributed by atoms with Crippen LogP contribution in [0.1, 0.15) is 32.1 Å². The number of nitrogens with one attached hydrogen (secondary N) is 2. The molecule has 2 rings (SSSR count). The highest BCUT2D eigenvalue weighted by Gasteiger charge is 2.17. The second-order valence-electron chi connectivity index (χ2n) is 4.36. The van der Waals surface area contributed by atoms with E-state index in [-0.39, 0.29) is 12.1 Å². The molecule has 0 bridgehead atoms. The van der Waals surface area contributed by atoms with Gasteiger partial charge in [-0.1, -0.05) is 25.1 Å². The van der Waals surface area contributed by atoms with Gasteiger partial charge in [0.2, 0.25) is 0 Å². The Kier molecular flexibility index (Phi) is 4.70. The third kappa shape index (κ3) is 3.34. The summed E-state index contributed by atoms with van der Waals surface area (Å²) < 4.78 is 1.79. The lowest BCUT2D eigenvalue weighted by Gasteiger charge is -2.17. The molecule has 2 aromatic rings. The summed E-state index contributed by atoms with van der Waals surface area (Å²) in [6.07, 6.45) is 2.26. The molecular weight excluding hydrogens is 254 g/mol. The third-order valence-electron chi connectivity index (χ3n) is 3.00. The number of urea groups is 1. The first kappa shape index (κ1) is 14.0. The largest absolute Gasteiger partial charge is 0.328 e. The number of para-hydroxylation sites is 1. The topological polar surface area (TPSA) is 71.8 Å². The van der Waals surface area contributed by atoms with E-state index < -0.39 is 0 Å². The maximum atomic E-state index is 12.0. The van der Waals surface area contributed by atoms with Crippen molar-refractivity contribution in [1.82, 2.24) is 20.1 Å². The van der Waals surface area contributed by atoms with Crippen molar-refractivity contribution >= 4 is 11.7 Å². The summed E-state index contributed by atoms with van der Waals surface area (Å²) in [5, 5.41) is 9.85. The Bertz CT molecular complexity index is 552. The van der Waals surface area contributed by atoms with Crippen LogP contribution < -0.4 is 10.6 Å². The molecule has 1 aromatic carbocycles. The van der Waals surface area contributed by atoms with Crippen LogP contribution in [0.4, 0.5) is 10.5 Å². The molecular formula is C14H19N5O. The molecule has 6 heteroatoms.